The van der Waals surface area contributed by atoms with Crippen LogP contribution in [0, 0.1) is 0 Å². The Morgan fingerprint density at radius 2 is 1.65 bits per heavy atom. The number of oxime groups is 1. The lowest BCUT2D eigenvalue weighted by Gasteiger charge is -2.36. The maximum absolute atomic E-state index is 14.0. The van der Waals surface area contributed by atoms with E-state index in [1.54, 1.807) is 17.0 Å². The van der Waals surface area contributed by atoms with Crippen molar-refractivity contribution in [2.75, 3.05) is 18.0 Å². The molecule has 0 saturated carbocycles. The molecule has 2 aromatic rings. The van der Waals surface area contributed by atoms with Crippen LogP contribution in [0.4, 0.5) is 36.4 Å². The van der Waals surface area contributed by atoms with E-state index in [1.807, 2.05) is 0 Å². The van der Waals surface area contributed by atoms with Gasteiger partial charge in [0.2, 0.25) is 0 Å². The number of alkyl halides is 7. The Labute approximate surface area is 177 Å². The van der Waals surface area contributed by atoms with Gasteiger partial charge in [-0.25, -0.2) is 4.39 Å². The number of nitrogens with zero attached hydrogens (tertiary/aromatic N) is 2. The second kappa shape index (κ2) is 7.29. The maximum Gasteiger partial charge on any atom is 0.435 e. The van der Waals surface area contributed by atoms with Crippen molar-refractivity contribution in [3.8, 4) is 0 Å². The molecule has 1 saturated heterocycles. The van der Waals surface area contributed by atoms with Gasteiger partial charge >= 0.3 is 12.4 Å². The molecular formula is C20H14ClF7N2O. The van der Waals surface area contributed by atoms with Crippen molar-refractivity contribution in [2.45, 2.75) is 30.5 Å². The molecule has 1 atom stereocenters. The first kappa shape index (κ1) is 21.7. The van der Waals surface area contributed by atoms with Gasteiger partial charge in [-0.15, -0.1) is 0 Å². The summed E-state index contributed by atoms with van der Waals surface area (Å²) in [7, 11) is 0. The van der Waals surface area contributed by atoms with E-state index in [9.17, 15) is 30.7 Å². The molecule has 0 aromatic heterocycles. The Bertz CT molecular complexity index is 1010. The quantitative estimate of drug-likeness (QED) is 0.511. The second-order valence-electron chi connectivity index (χ2n) is 7.41. The molecule has 1 fully saturated rings. The zero-order valence-electron chi connectivity index (χ0n) is 15.6. The van der Waals surface area contributed by atoms with Gasteiger partial charge in [0, 0.05) is 22.7 Å². The van der Waals surface area contributed by atoms with E-state index < -0.39 is 46.7 Å². The fourth-order valence-electron chi connectivity index (χ4n) is 3.55. The molecule has 2 heterocycles. The zero-order chi connectivity index (χ0) is 22.6. The highest BCUT2D eigenvalue weighted by molar-refractivity contribution is 6.30. The number of hydrogen-bond acceptors (Lipinski definition) is 3. The summed E-state index contributed by atoms with van der Waals surface area (Å²) < 4.78 is 94.5. The summed E-state index contributed by atoms with van der Waals surface area (Å²) in [5.74, 6) is 0. The third-order valence-electron chi connectivity index (χ3n) is 5.28. The van der Waals surface area contributed by atoms with E-state index in [1.165, 1.54) is 12.1 Å². The average molecular weight is 467 g/mol. The largest absolute Gasteiger partial charge is 0.435 e. The van der Waals surface area contributed by atoms with Crippen LogP contribution in [0.25, 0.3) is 0 Å². The molecule has 166 valence electrons. The fraction of sp³-hybridized carbons (Fsp3) is 0.350. The van der Waals surface area contributed by atoms with E-state index in [0.717, 1.165) is 6.07 Å². The minimum atomic E-state index is -5.07. The van der Waals surface area contributed by atoms with E-state index >= 15 is 0 Å². The molecule has 0 N–H and O–H groups in total. The molecule has 2 aliphatic heterocycles. The molecule has 0 amide bonds. The van der Waals surface area contributed by atoms with Crippen molar-refractivity contribution in [3.05, 3.63) is 64.2 Å². The first-order valence-electron chi connectivity index (χ1n) is 9.08. The third kappa shape index (κ3) is 3.93. The Kier molecular flexibility index (Phi) is 5.11. The van der Waals surface area contributed by atoms with Gasteiger partial charge in [-0.05, 0) is 35.9 Å². The standard InChI is InChI=1S/C20H14ClF7N2O/c21-14-6-12(5-13(7-14)19(23,24)25)18(20(26,27)28)8-17(29-31-18)11-1-3-16(4-2-11)30-9-15(22)10-30/h1-7,15H,8-10H2. The van der Waals surface area contributed by atoms with Gasteiger partial charge in [-0.3, -0.25) is 0 Å². The van der Waals surface area contributed by atoms with Gasteiger partial charge in [0.15, 0.2) is 0 Å². The van der Waals surface area contributed by atoms with Crippen LogP contribution >= 0.6 is 11.6 Å². The lowest BCUT2D eigenvalue weighted by Crippen LogP contribution is -2.48. The predicted octanol–water partition coefficient (Wildman–Crippen LogP) is 6.10. The highest BCUT2D eigenvalue weighted by Crippen LogP contribution is 2.50. The van der Waals surface area contributed by atoms with Crippen molar-refractivity contribution in [2.24, 2.45) is 5.16 Å². The van der Waals surface area contributed by atoms with Gasteiger partial charge in [0.05, 0.1) is 24.4 Å². The summed E-state index contributed by atoms with van der Waals surface area (Å²) in [5.41, 5.74) is -4.28. The Morgan fingerprint density at radius 3 is 2.19 bits per heavy atom. The molecular weight excluding hydrogens is 453 g/mol. The molecule has 0 spiro atoms. The Hall–Kier alpha value is -2.49. The molecule has 1 unspecified atom stereocenters. The first-order chi connectivity index (χ1) is 14.4. The maximum atomic E-state index is 14.0. The summed E-state index contributed by atoms with van der Waals surface area (Å²) in [6.45, 7) is 0.466. The highest BCUT2D eigenvalue weighted by atomic mass is 35.5. The van der Waals surface area contributed by atoms with E-state index in [2.05, 4.69) is 5.16 Å². The lowest BCUT2D eigenvalue weighted by atomic mass is 9.85. The van der Waals surface area contributed by atoms with E-state index in [-0.39, 0.29) is 18.8 Å². The van der Waals surface area contributed by atoms with Crippen LogP contribution in [0.15, 0.2) is 47.6 Å². The first-order valence-corrected chi connectivity index (χ1v) is 9.46. The Balaban J connectivity index is 1.65. The lowest BCUT2D eigenvalue weighted by molar-refractivity contribution is -0.276. The van der Waals surface area contributed by atoms with Crippen LogP contribution in [0.1, 0.15) is 23.1 Å². The molecule has 31 heavy (non-hydrogen) atoms. The summed E-state index contributed by atoms with van der Waals surface area (Å²) in [6, 6.07) is 7.95. The zero-order valence-corrected chi connectivity index (χ0v) is 16.3. The van der Waals surface area contributed by atoms with E-state index in [0.29, 0.717) is 23.4 Å². The number of anilines is 1. The summed E-state index contributed by atoms with van der Waals surface area (Å²) in [6.07, 6.45) is -11.7. The Morgan fingerprint density at radius 1 is 1.00 bits per heavy atom. The average Bonchev–Trinajstić information content (AvgIpc) is 3.11. The number of halogens is 8. The van der Waals surface area contributed by atoms with Crippen molar-refractivity contribution in [1.82, 2.24) is 0 Å². The molecule has 2 aliphatic rings. The monoisotopic (exact) mass is 466 g/mol. The minimum Gasteiger partial charge on any atom is -0.374 e. The summed E-state index contributed by atoms with van der Waals surface area (Å²) in [4.78, 5) is 6.54. The van der Waals surface area contributed by atoms with Crippen LogP contribution < -0.4 is 4.90 Å². The van der Waals surface area contributed by atoms with Crippen LogP contribution in [0.2, 0.25) is 5.02 Å². The van der Waals surface area contributed by atoms with Crippen LogP contribution in [0.5, 0.6) is 0 Å². The number of rotatable bonds is 3. The van der Waals surface area contributed by atoms with Gasteiger partial charge in [0.25, 0.3) is 5.60 Å². The van der Waals surface area contributed by atoms with Crippen molar-refractivity contribution < 1.29 is 35.6 Å². The predicted molar refractivity (Wildman–Crippen MR) is 100.0 cm³/mol. The van der Waals surface area contributed by atoms with Crippen LogP contribution in [0.3, 0.4) is 0 Å². The fourth-order valence-corrected chi connectivity index (χ4v) is 3.78. The minimum absolute atomic E-state index is 0.0793. The van der Waals surface area contributed by atoms with E-state index in [4.69, 9.17) is 16.4 Å². The molecule has 2 aromatic carbocycles. The molecule has 4 rings (SSSR count). The van der Waals surface area contributed by atoms with Crippen molar-refractivity contribution in [1.29, 1.82) is 0 Å². The van der Waals surface area contributed by atoms with Gasteiger partial charge < -0.3 is 9.74 Å². The molecule has 3 nitrogen and oxygen atoms in total. The second-order valence-corrected chi connectivity index (χ2v) is 7.84. The summed E-state index contributed by atoms with van der Waals surface area (Å²) >= 11 is 5.68. The van der Waals surface area contributed by atoms with Crippen molar-refractivity contribution in [3.63, 3.8) is 0 Å². The smallest absolute Gasteiger partial charge is 0.374 e. The molecule has 11 heteroatoms. The topological polar surface area (TPSA) is 24.8 Å². The molecule has 0 bridgehead atoms. The third-order valence-corrected chi connectivity index (χ3v) is 5.50. The van der Waals surface area contributed by atoms with Gasteiger partial charge in [-0.2, -0.15) is 26.3 Å². The van der Waals surface area contributed by atoms with Crippen LogP contribution in [-0.2, 0) is 16.6 Å². The SMILES string of the molecule is FC1CN(c2ccc(C3=NOC(c4cc(Cl)cc(C(F)(F)F)c4)(C(F)(F)F)C3)cc2)C1. The molecule has 0 aliphatic carbocycles. The summed E-state index contributed by atoms with van der Waals surface area (Å²) in [5, 5.41) is 3.04. The normalized spacial score (nSPS) is 22.2. The van der Waals surface area contributed by atoms with Gasteiger partial charge in [0.1, 0.15) is 6.17 Å². The molecule has 0 radical (unpaired) electrons. The number of benzene rings is 2. The van der Waals surface area contributed by atoms with Crippen molar-refractivity contribution >= 4 is 23.0 Å². The van der Waals surface area contributed by atoms with Gasteiger partial charge in [-0.1, -0.05) is 28.9 Å². The number of hydrogen-bond donors (Lipinski definition) is 0. The highest BCUT2D eigenvalue weighted by Gasteiger charge is 2.62. The van der Waals surface area contributed by atoms with Crippen LogP contribution in [-0.4, -0.2) is 31.1 Å².